The fourth-order valence-corrected chi connectivity index (χ4v) is 4.25. The number of anilines is 1. The predicted molar refractivity (Wildman–Crippen MR) is 111 cm³/mol. The van der Waals surface area contributed by atoms with Gasteiger partial charge in [-0.3, -0.25) is 19.1 Å². The minimum atomic E-state index is -0.0837. The van der Waals surface area contributed by atoms with E-state index < -0.39 is 0 Å². The fourth-order valence-electron chi connectivity index (χ4n) is 3.47. The predicted octanol–water partition coefficient (Wildman–Crippen LogP) is 2.55. The van der Waals surface area contributed by atoms with Crippen LogP contribution in [-0.2, 0) is 17.9 Å². The first-order valence-corrected chi connectivity index (χ1v) is 10.5. The number of carbonyl (C=O) groups is 1. The number of piperidine rings is 1. The van der Waals surface area contributed by atoms with Crippen molar-refractivity contribution in [1.82, 2.24) is 19.9 Å². The molecule has 0 bridgehead atoms. The molecular formula is C20H23N5O2S. The topological polar surface area (TPSA) is 80.1 Å². The highest BCUT2D eigenvalue weighted by Gasteiger charge is 2.20. The van der Waals surface area contributed by atoms with Gasteiger partial charge in [0.2, 0.25) is 11.9 Å². The maximum Gasteiger partial charge on any atom is 0.272 e. The number of nitrogens with zero attached hydrogens (tertiary/aromatic N) is 4. The molecule has 0 atom stereocenters. The Hall–Kier alpha value is -2.74. The summed E-state index contributed by atoms with van der Waals surface area (Å²) in [6, 6.07) is 5.63. The van der Waals surface area contributed by atoms with Gasteiger partial charge in [-0.15, -0.1) is 11.3 Å². The highest BCUT2D eigenvalue weighted by molar-refractivity contribution is 7.17. The summed E-state index contributed by atoms with van der Waals surface area (Å²) < 4.78 is 2.33. The van der Waals surface area contributed by atoms with E-state index in [4.69, 9.17) is 4.98 Å². The molecule has 1 aliphatic heterocycles. The fraction of sp³-hybridized carbons (Fsp3) is 0.400. The number of fused-ring (bicyclic) bond motifs is 1. The van der Waals surface area contributed by atoms with E-state index in [2.05, 4.69) is 15.2 Å². The van der Waals surface area contributed by atoms with Crippen LogP contribution < -0.4 is 15.8 Å². The van der Waals surface area contributed by atoms with Crippen LogP contribution in [0.4, 0.5) is 5.95 Å². The van der Waals surface area contributed by atoms with Crippen LogP contribution in [0.3, 0.4) is 0 Å². The zero-order valence-corrected chi connectivity index (χ0v) is 16.5. The summed E-state index contributed by atoms with van der Waals surface area (Å²) in [6.45, 7) is 2.58. The minimum absolute atomic E-state index is 0.0532. The summed E-state index contributed by atoms with van der Waals surface area (Å²) in [5, 5.41) is 4.80. The second-order valence-electron chi connectivity index (χ2n) is 6.93. The lowest BCUT2D eigenvalue weighted by atomic mass is 10.1. The number of hydrogen-bond donors (Lipinski definition) is 1. The van der Waals surface area contributed by atoms with Crippen LogP contribution in [0.15, 0.2) is 40.8 Å². The van der Waals surface area contributed by atoms with Crippen molar-refractivity contribution in [3.63, 3.8) is 0 Å². The van der Waals surface area contributed by atoms with E-state index in [0.29, 0.717) is 23.7 Å². The van der Waals surface area contributed by atoms with Gasteiger partial charge >= 0.3 is 0 Å². The van der Waals surface area contributed by atoms with Gasteiger partial charge in [0.25, 0.3) is 5.56 Å². The Balaban J connectivity index is 1.51. The molecule has 3 aromatic heterocycles. The van der Waals surface area contributed by atoms with Gasteiger partial charge in [-0.1, -0.05) is 0 Å². The minimum Gasteiger partial charge on any atom is -0.352 e. The van der Waals surface area contributed by atoms with E-state index in [9.17, 15) is 9.59 Å². The highest BCUT2D eigenvalue weighted by Crippen LogP contribution is 2.22. The molecule has 8 heteroatoms. The summed E-state index contributed by atoms with van der Waals surface area (Å²) in [6.07, 6.45) is 7.05. The quantitative estimate of drug-likeness (QED) is 0.691. The molecule has 0 radical (unpaired) electrons. The van der Waals surface area contributed by atoms with Crippen molar-refractivity contribution >= 4 is 33.4 Å². The van der Waals surface area contributed by atoms with Gasteiger partial charge in [-0.2, -0.15) is 0 Å². The Morgan fingerprint density at radius 1 is 1.14 bits per heavy atom. The monoisotopic (exact) mass is 397 g/mol. The number of nitrogens with one attached hydrogen (secondary N) is 1. The Morgan fingerprint density at radius 2 is 1.93 bits per heavy atom. The number of amides is 1. The molecule has 1 aliphatic rings. The lowest BCUT2D eigenvalue weighted by Gasteiger charge is -2.29. The van der Waals surface area contributed by atoms with Crippen LogP contribution in [-0.4, -0.2) is 33.5 Å². The maximum atomic E-state index is 13.0. The average Bonchev–Trinajstić information content (AvgIpc) is 3.22. The van der Waals surface area contributed by atoms with E-state index in [1.54, 1.807) is 17.0 Å². The number of hydrogen-bond acceptors (Lipinski definition) is 6. The summed E-state index contributed by atoms with van der Waals surface area (Å²) in [4.78, 5) is 36.2. The molecule has 1 saturated heterocycles. The second-order valence-corrected chi connectivity index (χ2v) is 7.85. The maximum absolute atomic E-state index is 13.0. The van der Waals surface area contributed by atoms with Gasteiger partial charge < -0.3 is 10.2 Å². The Kier molecular flexibility index (Phi) is 5.66. The molecule has 0 spiro atoms. The SMILES string of the molecule is O=C(CCn1c(N2CCCCC2)nc2ccsc2c1=O)NCc1ccncc1. The van der Waals surface area contributed by atoms with Crippen LogP contribution in [0.2, 0.25) is 0 Å². The van der Waals surface area contributed by atoms with Gasteiger partial charge in [0.1, 0.15) is 4.70 Å². The van der Waals surface area contributed by atoms with E-state index in [1.165, 1.54) is 17.8 Å². The number of pyridine rings is 1. The van der Waals surface area contributed by atoms with Crippen LogP contribution in [0.1, 0.15) is 31.2 Å². The zero-order valence-electron chi connectivity index (χ0n) is 15.6. The van der Waals surface area contributed by atoms with Gasteiger partial charge in [0, 0.05) is 45.0 Å². The molecule has 0 aromatic carbocycles. The standard InChI is InChI=1S/C20H23N5O2S/c26-17(22-14-15-4-8-21-9-5-15)6-12-25-19(27)18-16(7-13-28-18)23-20(25)24-10-2-1-3-11-24/h4-5,7-9,13H,1-3,6,10-12,14H2,(H,22,26). The first kappa shape index (κ1) is 18.6. The van der Waals surface area contributed by atoms with Gasteiger partial charge in [-0.05, 0) is 48.4 Å². The summed E-state index contributed by atoms with van der Waals surface area (Å²) in [7, 11) is 0. The first-order valence-electron chi connectivity index (χ1n) is 9.61. The highest BCUT2D eigenvalue weighted by atomic mass is 32.1. The largest absolute Gasteiger partial charge is 0.352 e. The number of thiophene rings is 1. The smallest absolute Gasteiger partial charge is 0.272 e. The molecule has 0 saturated carbocycles. The molecule has 0 unspecified atom stereocenters. The number of rotatable bonds is 6. The lowest BCUT2D eigenvalue weighted by molar-refractivity contribution is -0.121. The van der Waals surface area contributed by atoms with Gasteiger partial charge in [0.15, 0.2) is 0 Å². The van der Waals surface area contributed by atoms with Crippen molar-refractivity contribution in [2.24, 2.45) is 0 Å². The van der Waals surface area contributed by atoms with Crippen molar-refractivity contribution in [3.05, 3.63) is 51.9 Å². The van der Waals surface area contributed by atoms with Crippen molar-refractivity contribution < 1.29 is 4.79 Å². The third-order valence-corrected chi connectivity index (χ3v) is 5.88. The van der Waals surface area contributed by atoms with E-state index in [0.717, 1.165) is 37.0 Å². The third-order valence-electron chi connectivity index (χ3n) is 4.99. The number of aromatic nitrogens is 3. The molecule has 4 rings (SSSR count). The average molecular weight is 398 g/mol. The number of carbonyl (C=O) groups excluding carboxylic acids is 1. The van der Waals surface area contributed by atoms with Crippen LogP contribution >= 0.6 is 11.3 Å². The summed E-state index contributed by atoms with van der Waals surface area (Å²) in [5.74, 6) is 0.608. The van der Waals surface area contributed by atoms with Crippen molar-refractivity contribution in [2.75, 3.05) is 18.0 Å². The Morgan fingerprint density at radius 3 is 2.71 bits per heavy atom. The van der Waals surface area contributed by atoms with Crippen LogP contribution in [0, 0.1) is 0 Å². The molecule has 146 valence electrons. The van der Waals surface area contributed by atoms with E-state index >= 15 is 0 Å². The normalized spacial score (nSPS) is 14.4. The Labute approximate surface area is 167 Å². The molecule has 7 nitrogen and oxygen atoms in total. The van der Waals surface area contributed by atoms with Gasteiger partial charge in [-0.25, -0.2) is 4.98 Å². The molecule has 0 aliphatic carbocycles. The third kappa shape index (κ3) is 4.06. The van der Waals surface area contributed by atoms with Crippen LogP contribution in [0.5, 0.6) is 0 Å². The van der Waals surface area contributed by atoms with Gasteiger partial charge in [0.05, 0.1) is 5.52 Å². The lowest BCUT2D eigenvalue weighted by Crippen LogP contribution is -2.37. The molecular weight excluding hydrogens is 374 g/mol. The molecule has 1 fully saturated rings. The molecule has 3 aromatic rings. The van der Waals surface area contributed by atoms with E-state index in [-0.39, 0.29) is 17.9 Å². The van der Waals surface area contributed by atoms with Crippen molar-refractivity contribution in [2.45, 2.75) is 38.8 Å². The van der Waals surface area contributed by atoms with Crippen molar-refractivity contribution in [3.8, 4) is 0 Å². The van der Waals surface area contributed by atoms with Crippen LogP contribution in [0.25, 0.3) is 10.2 Å². The molecule has 1 N–H and O–H groups in total. The first-order chi connectivity index (χ1) is 13.7. The van der Waals surface area contributed by atoms with E-state index in [1.807, 2.05) is 23.6 Å². The summed E-state index contributed by atoms with van der Waals surface area (Å²) in [5.41, 5.74) is 1.69. The zero-order chi connectivity index (χ0) is 19.3. The molecule has 1 amide bonds. The van der Waals surface area contributed by atoms with Crippen molar-refractivity contribution in [1.29, 1.82) is 0 Å². The molecule has 4 heterocycles. The molecule has 28 heavy (non-hydrogen) atoms. The second kappa shape index (κ2) is 8.52. The summed E-state index contributed by atoms with van der Waals surface area (Å²) >= 11 is 1.40. The Bertz CT molecular complexity index is 1010.